The molecular weight excluding hydrogens is 334 g/mol. The number of halogens is 1. The molecule has 3 nitrogen and oxygen atoms in total. The molecule has 0 atom stereocenters. The van der Waals surface area contributed by atoms with Gasteiger partial charge in [-0.2, -0.15) is 0 Å². The first-order valence-corrected chi connectivity index (χ1v) is 8.49. The van der Waals surface area contributed by atoms with Crippen molar-refractivity contribution in [2.75, 3.05) is 14.2 Å². The summed E-state index contributed by atoms with van der Waals surface area (Å²) in [5, 5.41) is 2.89. The molecule has 0 aromatic heterocycles. The lowest BCUT2D eigenvalue weighted by Crippen LogP contribution is -2.28. The van der Waals surface area contributed by atoms with Gasteiger partial charge in [0, 0.05) is 24.2 Å². The zero-order chi connectivity index (χ0) is 17.8. The summed E-state index contributed by atoms with van der Waals surface area (Å²) in [7, 11) is 3.42. The number of fused-ring (bicyclic) bond motifs is 1. The highest BCUT2D eigenvalue weighted by atomic mass is 35.5. The predicted octanol–water partition coefficient (Wildman–Crippen LogP) is 4.70. The average molecular weight is 354 g/mol. The van der Waals surface area contributed by atoms with Gasteiger partial charge < -0.3 is 9.64 Å². The van der Waals surface area contributed by atoms with E-state index >= 15 is 0 Å². The van der Waals surface area contributed by atoms with Crippen molar-refractivity contribution in [2.45, 2.75) is 13.0 Å². The van der Waals surface area contributed by atoms with E-state index in [0.717, 1.165) is 27.6 Å². The van der Waals surface area contributed by atoms with Crippen LogP contribution < -0.4 is 4.74 Å². The molecule has 3 aromatic rings. The summed E-state index contributed by atoms with van der Waals surface area (Å²) in [6.45, 7) is 0.452. The van der Waals surface area contributed by atoms with Crippen molar-refractivity contribution in [2.24, 2.45) is 0 Å². The highest BCUT2D eigenvalue weighted by molar-refractivity contribution is 6.30. The summed E-state index contributed by atoms with van der Waals surface area (Å²) in [5.74, 6) is 0.785. The number of methoxy groups -OCH3 is 1. The molecule has 0 aliphatic carbocycles. The van der Waals surface area contributed by atoms with E-state index in [1.807, 2.05) is 36.4 Å². The fraction of sp³-hybridized carbons (Fsp3) is 0.190. The molecule has 0 saturated heterocycles. The van der Waals surface area contributed by atoms with Gasteiger partial charge in [-0.1, -0.05) is 54.1 Å². The van der Waals surface area contributed by atoms with Gasteiger partial charge in [0.05, 0.1) is 13.5 Å². The maximum atomic E-state index is 12.7. The van der Waals surface area contributed by atoms with Crippen LogP contribution in [0.5, 0.6) is 5.75 Å². The van der Waals surface area contributed by atoms with Crippen molar-refractivity contribution in [3.05, 3.63) is 76.8 Å². The Morgan fingerprint density at radius 1 is 1.04 bits per heavy atom. The minimum absolute atomic E-state index is 0.0541. The van der Waals surface area contributed by atoms with E-state index in [0.29, 0.717) is 18.0 Å². The van der Waals surface area contributed by atoms with Crippen molar-refractivity contribution in [3.8, 4) is 5.75 Å². The summed E-state index contributed by atoms with van der Waals surface area (Å²) in [4.78, 5) is 14.4. The zero-order valence-corrected chi connectivity index (χ0v) is 15.1. The summed E-state index contributed by atoms with van der Waals surface area (Å²) in [6.07, 6.45) is 0.362. The third-order valence-corrected chi connectivity index (χ3v) is 4.53. The third-order valence-electron chi connectivity index (χ3n) is 4.30. The number of amides is 1. The number of nitrogens with zero attached hydrogens (tertiary/aromatic N) is 1. The lowest BCUT2D eigenvalue weighted by molar-refractivity contribution is -0.129. The second-order valence-corrected chi connectivity index (χ2v) is 6.46. The van der Waals surface area contributed by atoms with Crippen molar-refractivity contribution in [1.29, 1.82) is 0 Å². The van der Waals surface area contributed by atoms with Gasteiger partial charge in [-0.15, -0.1) is 0 Å². The minimum atomic E-state index is 0.0541. The Bertz CT molecular complexity index is 902. The van der Waals surface area contributed by atoms with Gasteiger partial charge in [0.2, 0.25) is 5.91 Å². The molecule has 0 saturated carbocycles. The van der Waals surface area contributed by atoms with Gasteiger partial charge in [-0.05, 0) is 34.5 Å². The summed E-state index contributed by atoms with van der Waals surface area (Å²) in [5.41, 5.74) is 1.93. The molecule has 0 fully saturated rings. The summed E-state index contributed by atoms with van der Waals surface area (Å²) in [6, 6.07) is 19.6. The summed E-state index contributed by atoms with van der Waals surface area (Å²) >= 11 is 6.07. The number of hydrogen-bond donors (Lipinski definition) is 0. The first-order valence-electron chi connectivity index (χ1n) is 8.11. The predicted molar refractivity (Wildman–Crippen MR) is 102 cm³/mol. The van der Waals surface area contributed by atoms with Gasteiger partial charge in [0.1, 0.15) is 5.75 Å². The number of carbonyl (C=O) groups excluding carboxylic acids is 1. The number of likely N-dealkylation sites (N-methyl/N-ethyl adjacent to an activating group) is 1. The van der Waals surface area contributed by atoms with Crippen molar-refractivity contribution < 1.29 is 9.53 Å². The lowest BCUT2D eigenvalue weighted by atomic mass is 10.0. The van der Waals surface area contributed by atoms with Crippen LogP contribution in [0.1, 0.15) is 11.1 Å². The number of carbonyl (C=O) groups is 1. The van der Waals surface area contributed by atoms with E-state index in [9.17, 15) is 4.79 Å². The second-order valence-electron chi connectivity index (χ2n) is 6.02. The Kier molecular flexibility index (Phi) is 5.25. The molecular formula is C21H20ClNO2. The molecule has 0 bridgehead atoms. The van der Waals surface area contributed by atoms with Crippen LogP contribution in [-0.2, 0) is 17.8 Å². The molecule has 128 valence electrons. The van der Waals surface area contributed by atoms with E-state index < -0.39 is 0 Å². The molecule has 3 aromatic carbocycles. The smallest absolute Gasteiger partial charge is 0.227 e. The van der Waals surface area contributed by atoms with E-state index in [-0.39, 0.29) is 5.91 Å². The molecule has 0 heterocycles. The first kappa shape index (κ1) is 17.3. The molecule has 4 heteroatoms. The number of rotatable bonds is 5. The quantitative estimate of drug-likeness (QED) is 0.665. The van der Waals surface area contributed by atoms with Crippen LogP contribution in [0.2, 0.25) is 5.02 Å². The highest BCUT2D eigenvalue weighted by Crippen LogP contribution is 2.24. The zero-order valence-electron chi connectivity index (χ0n) is 14.3. The molecule has 0 unspecified atom stereocenters. The van der Waals surface area contributed by atoms with Gasteiger partial charge in [-0.25, -0.2) is 0 Å². The van der Waals surface area contributed by atoms with Crippen LogP contribution in [0.4, 0.5) is 0 Å². The van der Waals surface area contributed by atoms with Gasteiger partial charge in [0.15, 0.2) is 0 Å². The molecule has 0 N–H and O–H groups in total. The Balaban J connectivity index is 1.78. The van der Waals surface area contributed by atoms with E-state index in [1.165, 1.54) is 0 Å². The Labute approximate surface area is 152 Å². The Hall–Kier alpha value is -2.52. The van der Waals surface area contributed by atoms with Crippen molar-refractivity contribution in [1.82, 2.24) is 4.90 Å². The van der Waals surface area contributed by atoms with Crippen molar-refractivity contribution >= 4 is 28.3 Å². The SMILES string of the molecule is COc1ccc(Cl)cc1CN(C)C(=O)Cc1cccc2ccccc12. The molecule has 0 aliphatic heterocycles. The molecule has 0 aliphatic rings. The maximum Gasteiger partial charge on any atom is 0.227 e. The Morgan fingerprint density at radius 3 is 2.60 bits per heavy atom. The molecule has 25 heavy (non-hydrogen) atoms. The topological polar surface area (TPSA) is 29.5 Å². The fourth-order valence-electron chi connectivity index (χ4n) is 2.96. The fourth-order valence-corrected chi connectivity index (χ4v) is 3.15. The standard InChI is InChI=1S/C21H20ClNO2/c1-23(14-17-12-18(22)10-11-20(17)25-2)21(24)13-16-8-5-7-15-6-3-4-9-19(15)16/h3-12H,13-14H2,1-2H3. The Morgan fingerprint density at radius 2 is 1.80 bits per heavy atom. The first-order chi connectivity index (χ1) is 12.1. The second kappa shape index (κ2) is 7.58. The van der Waals surface area contributed by atoms with Crippen LogP contribution in [0.15, 0.2) is 60.7 Å². The normalized spacial score (nSPS) is 10.7. The monoisotopic (exact) mass is 353 g/mol. The number of ether oxygens (including phenoxy) is 1. The van der Waals surface area contributed by atoms with Crippen LogP contribution in [0.25, 0.3) is 10.8 Å². The molecule has 0 radical (unpaired) electrons. The third kappa shape index (κ3) is 3.94. The minimum Gasteiger partial charge on any atom is -0.496 e. The van der Waals surface area contributed by atoms with Gasteiger partial charge >= 0.3 is 0 Å². The summed E-state index contributed by atoms with van der Waals surface area (Å²) < 4.78 is 5.36. The van der Waals surface area contributed by atoms with Crippen LogP contribution in [0.3, 0.4) is 0 Å². The van der Waals surface area contributed by atoms with E-state index in [4.69, 9.17) is 16.3 Å². The van der Waals surface area contributed by atoms with Gasteiger partial charge in [0.25, 0.3) is 0 Å². The van der Waals surface area contributed by atoms with Crippen molar-refractivity contribution in [3.63, 3.8) is 0 Å². The van der Waals surface area contributed by atoms with Gasteiger partial charge in [-0.3, -0.25) is 4.79 Å². The molecule has 0 spiro atoms. The molecule has 3 rings (SSSR count). The largest absolute Gasteiger partial charge is 0.496 e. The molecule has 1 amide bonds. The van der Waals surface area contributed by atoms with Crippen LogP contribution >= 0.6 is 11.6 Å². The maximum absolute atomic E-state index is 12.7. The van der Waals surface area contributed by atoms with E-state index in [2.05, 4.69) is 18.2 Å². The highest BCUT2D eigenvalue weighted by Gasteiger charge is 2.14. The van der Waals surface area contributed by atoms with Crippen LogP contribution in [0, 0.1) is 0 Å². The number of hydrogen-bond acceptors (Lipinski definition) is 2. The number of benzene rings is 3. The van der Waals surface area contributed by atoms with E-state index in [1.54, 1.807) is 25.1 Å². The van der Waals surface area contributed by atoms with Crippen LogP contribution in [-0.4, -0.2) is 25.0 Å². The average Bonchev–Trinajstić information content (AvgIpc) is 2.62. The lowest BCUT2D eigenvalue weighted by Gasteiger charge is -2.19.